The molecule has 0 bridgehead atoms. The molecule has 1 N–H and O–H groups in total. The van der Waals surface area contributed by atoms with E-state index in [9.17, 15) is 4.79 Å². The number of fused-ring (bicyclic) bond motifs is 1. The van der Waals surface area contributed by atoms with Gasteiger partial charge in [0.05, 0.1) is 6.21 Å². The first-order valence-corrected chi connectivity index (χ1v) is 7.42. The smallest absolute Gasteiger partial charge is 0.271 e. The van der Waals surface area contributed by atoms with Gasteiger partial charge in [0, 0.05) is 15.6 Å². The maximum Gasteiger partial charge on any atom is 0.271 e. The van der Waals surface area contributed by atoms with Gasteiger partial charge in [-0.05, 0) is 47.1 Å². The Morgan fingerprint density at radius 1 is 1.23 bits per heavy atom. The number of nitrogens with one attached hydrogen (secondary N) is 1. The molecule has 0 spiro atoms. The zero-order valence-corrected chi connectivity index (χ0v) is 13.4. The lowest BCUT2D eigenvalue weighted by Gasteiger charge is -2.02. The molecule has 0 aliphatic carbocycles. The van der Waals surface area contributed by atoms with Crippen LogP contribution in [0.2, 0.25) is 0 Å². The zero-order valence-electron chi connectivity index (χ0n) is 11.8. The molecule has 1 aliphatic rings. The number of hydrogen-bond acceptors (Lipinski definition) is 4. The summed E-state index contributed by atoms with van der Waals surface area (Å²) in [6, 6.07) is 10.9. The standard InChI is InChI=1S/C16H13BrN2O3/c1-10-2-4-11(5-3-10)16(20)19-18-8-12-6-14-15(7-13(12)17)22-9-21-14/h2-8H,9H2,1H3,(H,19,20). The molecule has 2 aromatic rings. The van der Waals surface area contributed by atoms with Crippen molar-refractivity contribution in [3.8, 4) is 11.5 Å². The number of benzene rings is 2. The summed E-state index contributed by atoms with van der Waals surface area (Å²) < 4.78 is 11.4. The largest absolute Gasteiger partial charge is 0.454 e. The average Bonchev–Trinajstić information content (AvgIpc) is 2.95. The Hall–Kier alpha value is -2.34. The average molecular weight is 361 g/mol. The second-order valence-electron chi connectivity index (χ2n) is 4.79. The summed E-state index contributed by atoms with van der Waals surface area (Å²) in [6.07, 6.45) is 1.55. The zero-order chi connectivity index (χ0) is 15.5. The van der Waals surface area contributed by atoms with Crippen LogP contribution in [0.25, 0.3) is 0 Å². The van der Waals surface area contributed by atoms with Crippen LogP contribution in [0.15, 0.2) is 46.0 Å². The third kappa shape index (κ3) is 3.12. The van der Waals surface area contributed by atoms with Gasteiger partial charge in [-0.2, -0.15) is 5.10 Å². The Morgan fingerprint density at radius 3 is 2.64 bits per heavy atom. The molecule has 0 atom stereocenters. The number of halogens is 1. The van der Waals surface area contributed by atoms with E-state index in [1.165, 1.54) is 0 Å². The van der Waals surface area contributed by atoms with Crippen LogP contribution in [0.4, 0.5) is 0 Å². The molecule has 1 amide bonds. The highest BCUT2D eigenvalue weighted by Crippen LogP contribution is 2.36. The lowest BCUT2D eigenvalue weighted by Crippen LogP contribution is -2.17. The van der Waals surface area contributed by atoms with Crippen LogP contribution in [0, 0.1) is 6.92 Å². The summed E-state index contributed by atoms with van der Waals surface area (Å²) in [5.41, 5.74) is 4.95. The molecule has 0 aromatic heterocycles. The maximum atomic E-state index is 11.9. The molecule has 0 radical (unpaired) electrons. The molecule has 0 saturated heterocycles. The summed E-state index contributed by atoms with van der Waals surface area (Å²) in [7, 11) is 0. The van der Waals surface area contributed by atoms with Gasteiger partial charge in [0.2, 0.25) is 6.79 Å². The van der Waals surface area contributed by atoms with Crippen molar-refractivity contribution in [1.29, 1.82) is 0 Å². The molecule has 6 heteroatoms. The van der Waals surface area contributed by atoms with Crippen LogP contribution < -0.4 is 14.9 Å². The van der Waals surface area contributed by atoms with Crippen LogP contribution in [0.1, 0.15) is 21.5 Å². The van der Waals surface area contributed by atoms with Gasteiger partial charge in [-0.1, -0.05) is 17.7 Å². The van der Waals surface area contributed by atoms with Gasteiger partial charge < -0.3 is 9.47 Å². The van der Waals surface area contributed by atoms with E-state index >= 15 is 0 Å². The number of hydrazone groups is 1. The van der Waals surface area contributed by atoms with E-state index < -0.39 is 0 Å². The molecule has 22 heavy (non-hydrogen) atoms. The number of aryl methyl sites for hydroxylation is 1. The molecule has 5 nitrogen and oxygen atoms in total. The number of carbonyl (C=O) groups excluding carboxylic acids is 1. The molecule has 0 saturated carbocycles. The van der Waals surface area contributed by atoms with E-state index in [0.29, 0.717) is 17.1 Å². The van der Waals surface area contributed by atoms with E-state index in [1.807, 2.05) is 25.1 Å². The summed E-state index contributed by atoms with van der Waals surface area (Å²) in [4.78, 5) is 11.9. The van der Waals surface area contributed by atoms with Gasteiger partial charge in [0.15, 0.2) is 11.5 Å². The van der Waals surface area contributed by atoms with Crippen LogP contribution in [0.3, 0.4) is 0 Å². The van der Waals surface area contributed by atoms with Crippen LogP contribution in [-0.4, -0.2) is 18.9 Å². The van der Waals surface area contributed by atoms with Crippen LogP contribution in [-0.2, 0) is 0 Å². The molecule has 0 unspecified atom stereocenters. The highest BCUT2D eigenvalue weighted by molar-refractivity contribution is 9.10. The van der Waals surface area contributed by atoms with Crippen molar-refractivity contribution < 1.29 is 14.3 Å². The van der Waals surface area contributed by atoms with Gasteiger partial charge in [0.25, 0.3) is 5.91 Å². The monoisotopic (exact) mass is 360 g/mol. The second kappa shape index (κ2) is 6.19. The lowest BCUT2D eigenvalue weighted by atomic mass is 10.1. The van der Waals surface area contributed by atoms with Crippen molar-refractivity contribution in [2.45, 2.75) is 6.92 Å². The van der Waals surface area contributed by atoms with Crippen molar-refractivity contribution in [1.82, 2.24) is 5.43 Å². The molecule has 0 fully saturated rings. The summed E-state index contributed by atoms with van der Waals surface area (Å²) >= 11 is 3.43. The van der Waals surface area contributed by atoms with E-state index in [-0.39, 0.29) is 12.7 Å². The predicted octanol–water partition coefficient (Wildman–Crippen LogP) is 3.25. The quantitative estimate of drug-likeness (QED) is 0.675. The summed E-state index contributed by atoms with van der Waals surface area (Å²) in [5, 5.41) is 3.98. The van der Waals surface area contributed by atoms with Gasteiger partial charge in [-0.25, -0.2) is 5.43 Å². The first kappa shape index (κ1) is 14.6. The minimum absolute atomic E-state index is 0.215. The third-order valence-corrected chi connectivity index (χ3v) is 3.86. The minimum Gasteiger partial charge on any atom is -0.454 e. The third-order valence-electron chi connectivity index (χ3n) is 3.18. The molecule has 1 aliphatic heterocycles. The lowest BCUT2D eigenvalue weighted by molar-refractivity contribution is 0.0955. The van der Waals surface area contributed by atoms with Crippen molar-refractivity contribution >= 4 is 28.1 Å². The Morgan fingerprint density at radius 2 is 1.91 bits per heavy atom. The fourth-order valence-electron chi connectivity index (χ4n) is 1.96. The second-order valence-corrected chi connectivity index (χ2v) is 5.65. The minimum atomic E-state index is -0.256. The number of nitrogens with zero attached hydrogens (tertiary/aromatic N) is 1. The van der Waals surface area contributed by atoms with Gasteiger partial charge in [-0.15, -0.1) is 0 Å². The van der Waals surface area contributed by atoms with Gasteiger partial charge in [-0.3, -0.25) is 4.79 Å². The van der Waals surface area contributed by atoms with Crippen molar-refractivity contribution in [2.75, 3.05) is 6.79 Å². The van der Waals surface area contributed by atoms with Crippen molar-refractivity contribution in [2.24, 2.45) is 5.10 Å². The first-order chi connectivity index (χ1) is 10.6. The Kier molecular flexibility index (Phi) is 4.11. The Balaban J connectivity index is 1.70. The molecular weight excluding hydrogens is 348 g/mol. The number of amides is 1. The fourth-order valence-corrected chi connectivity index (χ4v) is 2.39. The Labute approximate surface area is 136 Å². The topological polar surface area (TPSA) is 59.9 Å². The highest BCUT2D eigenvalue weighted by atomic mass is 79.9. The number of carbonyl (C=O) groups is 1. The number of hydrogen-bond donors (Lipinski definition) is 1. The van der Waals surface area contributed by atoms with Crippen molar-refractivity contribution in [3.05, 3.63) is 57.6 Å². The maximum absolute atomic E-state index is 11.9. The first-order valence-electron chi connectivity index (χ1n) is 6.63. The SMILES string of the molecule is Cc1ccc(C(=O)NN=Cc2cc3c(cc2Br)OCO3)cc1. The summed E-state index contributed by atoms with van der Waals surface area (Å²) in [6.45, 7) is 2.18. The molecular formula is C16H13BrN2O3. The fraction of sp³-hybridized carbons (Fsp3) is 0.125. The number of rotatable bonds is 3. The normalized spacial score (nSPS) is 12.6. The van der Waals surface area contributed by atoms with E-state index in [2.05, 4.69) is 26.5 Å². The predicted molar refractivity (Wildman–Crippen MR) is 86.5 cm³/mol. The molecule has 1 heterocycles. The highest BCUT2D eigenvalue weighted by Gasteiger charge is 2.15. The van der Waals surface area contributed by atoms with E-state index in [1.54, 1.807) is 24.4 Å². The Bertz CT molecular complexity index is 742. The van der Waals surface area contributed by atoms with Crippen LogP contribution in [0.5, 0.6) is 11.5 Å². The molecule has 112 valence electrons. The van der Waals surface area contributed by atoms with Gasteiger partial charge in [0.1, 0.15) is 0 Å². The molecule has 2 aromatic carbocycles. The molecule has 3 rings (SSSR count). The van der Waals surface area contributed by atoms with E-state index in [0.717, 1.165) is 15.6 Å². The van der Waals surface area contributed by atoms with Crippen molar-refractivity contribution in [3.63, 3.8) is 0 Å². The summed E-state index contributed by atoms with van der Waals surface area (Å²) in [5.74, 6) is 1.09. The van der Waals surface area contributed by atoms with E-state index in [4.69, 9.17) is 9.47 Å². The van der Waals surface area contributed by atoms with Crippen LogP contribution >= 0.6 is 15.9 Å². The van der Waals surface area contributed by atoms with Gasteiger partial charge >= 0.3 is 0 Å². The number of ether oxygens (including phenoxy) is 2.